The van der Waals surface area contributed by atoms with E-state index in [1.54, 1.807) is 12.1 Å². The fourth-order valence-electron chi connectivity index (χ4n) is 3.03. The van der Waals surface area contributed by atoms with Crippen molar-refractivity contribution in [3.63, 3.8) is 0 Å². The maximum Gasteiger partial charge on any atom is 0.255 e. The Morgan fingerprint density at radius 1 is 0.929 bits per heavy atom. The van der Waals surface area contributed by atoms with Crippen molar-refractivity contribution in [2.75, 3.05) is 17.3 Å². The fraction of sp³-hybridized carbons (Fsp3) is 0.0455. The highest BCUT2D eigenvalue weighted by molar-refractivity contribution is 5.96. The Morgan fingerprint density at radius 2 is 1.75 bits per heavy atom. The van der Waals surface area contributed by atoms with E-state index in [9.17, 15) is 9.18 Å². The predicted molar refractivity (Wildman–Crippen MR) is 109 cm³/mol. The summed E-state index contributed by atoms with van der Waals surface area (Å²) < 4.78 is 12.6. The van der Waals surface area contributed by atoms with Gasteiger partial charge in [0.2, 0.25) is 0 Å². The third-order valence-electron chi connectivity index (χ3n) is 4.30. The summed E-state index contributed by atoms with van der Waals surface area (Å²) in [6.07, 6.45) is 1.52. The second-order valence-electron chi connectivity index (χ2n) is 6.17. The van der Waals surface area contributed by atoms with Crippen molar-refractivity contribution < 1.29 is 9.18 Å². The van der Waals surface area contributed by atoms with Crippen LogP contribution >= 0.6 is 0 Å². The van der Waals surface area contributed by atoms with Gasteiger partial charge in [0.25, 0.3) is 5.91 Å². The SMILES string of the molecule is O=C(CF)Nc1ccccc1-c1cccc(Nc2ncnc3ccccc23)c1. The predicted octanol–water partition coefficient (Wildman–Crippen LogP) is 4.95. The first-order valence-corrected chi connectivity index (χ1v) is 8.76. The number of carbonyl (C=O) groups excluding carboxylic acids is 1. The first kappa shape index (κ1) is 17.6. The monoisotopic (exact) mass is 372 g/mol. The summed E-state index contributed by atoms with van der Waals surface area (Å²) in [5, 5.41) is 6.85. The molecule has 0 saturated carbocycles. The van der Waals surface area contributed by atoms with Crippen LogP contribution in [-0.4, -0.2) is 22.5 Å². The molecule has 0 spiro atoms. The zero-order chi connectivity index (χ0) is 19.3. The number of aromatic nitrogens is 2. The number of alkyl halides is 1. The number of hydrogen-bond donors (Lipinski definition) is 2. The minimum absolute atomic E-state index is 0.565. The third kappa shape index (κ3) is 3.66. The molecule has 3 aromatic carbocycles. The molecule has 4 rings (SSSR count). The summed E-state index contributed by atoms with van der Waals surface area (Å²) in [4.78, 5) is 20.1. The molecule has 4 aromatic rings. The van der Waals surface area contributed by atoms with Crippen LogP contribution in [0, 0.1) is 0 Å². The molecule has 0 aliphatic rings. The molecule has 28 heavy (non-hydrogen) atoms. The van der Waals surface area contributed by atoms with Gasteiger partial charge in [-0.3, -0.25) is 4.79 Å². The van der Waals surface area contributed by atoms with Crippen LogP contribution in [0.2, 0.25) is 0 Å². The zero-order valence-corrected chi connectivity index (χ0v) is 14.9. The molecule has 2 N–H and O–H groups in total. The molecule has 0 aliphatic heterocycles. The second kappa shape index (κ2) is 7.84. The van der Waals surface area contributed by atoms with Crippen LogP contribution in [-0.2, 0) is 4.79 Å². The lowest BCUT2D eigenvalue weighted by Crippen LogP contribution is -2.13. The summed E-state index contributed by atoms with van der Waals surface area (Å²) in [7, 11) is 0. The van der Waals surface area contributed by atoms with Crippen LogP contribution in [0.5, 0.6) is 0 Å². The van der Waals surface area contributed by atoms with E-state index in [4.69, 9.17) is 0 Å². The van der Waals surface area contributed by atoms with Gasteiger partial charge in [0, 0.05) is 22.3 Å². The van der Waals surface area contributed by atoms with Crippen molar-refractivity contribution in [2.45, 2.75) is 0 Å². The van der Waals surface area contributed by atoms with E-state index in [2.05, 4.69) is 20.6 Å². The van der Waals surface area contributed by atoms with Gasteiger partial charge in [0.15, 0.2) is 6.67 Å². The van der Waals surface area contributed by atoms with E-state index in [1.807, 2.05) is 60.7 Å². The number of benzene rings is 3. The minimum Gasteiger partial charge on any atom is -0.340 e. The van der Waals surface area contributed by atoms with Gasteiger partial charge in [-0.15, -0.1) is 0 Å². The van der Waals surface area contributed by atoms with E-state index < -0.39 is 12.6 Å². The van der Waals surface area contributed by atoms with Crippen molar-refractivity contribution in [1.29, 1.82) is 0 Å². The summed E-state index contributed by atoms with van der Waals surface area (Å²) in [5.41, 5.74) is 3.96. The van der Waals surface area contributed by atoms with Gasteiger partial charge in [0.05, 0.1) is 5.52 Å². The van der Waals surface area contributed by atoms with Gasteiger partial charge >= 0.3 is 0 Å². The first-order valence-electron chi connectivity index (χ1n) is 8.76. The lowest BCUT2D eigenvalue weighted by atomic mass is 10.0. The quantitative estimate of drug-likeness (QED) is 0.520. The number of anilines is 3. The summed E-state index contributed by atoms with van der Waals surface area (Å²) in [6, 6.07) is 22.8. The van der Waals surface area contributed by atoms with Crippen LogP contribution in [0.3, 0.4) is 0 Å². The number of para-hydroxylation sites is 2. The van der Waals surface area contributed by atoms with Crippen LogP contribution < -0.4 is 10.6 Å². The number of amides is 1. The van der Waals surface area contributed by atoms with Crippen molar-refractivity contribution in [3.05, 3.63) is 79.1 Å². The van der Waals surface area contributed by atoms with Crippen LogP contribution in [0.25, 0.3) is 22.0 Å². The lowest BCUT2D eigenvalue weighted by molar-refractivity contribution is -0.117. The summed E-state index contributed by atoms with van der Waals surface area (Å²) in [5.74, 6) is 0.0379. The Bertz CT molecular complexity index is 1140. The number of halogens is 1. The molecule has 1 heterocycles. The molecule has 6 heteroatoms. The number of carbonyl (C=O) groups is 1. The number of nitrogens with one attached hydrogen (secondary N) is 2. The highest BCUT2D eigenvalue weighted by Crippen LogP contribution is 2.31. The van der Waals surface area contributed by atoms with E-state index >= 15 is 0 Å². The molecule has 0 radical (unpaired) electrons. The molecule has 0 bridgehead atoms. The van der Waals surface area contributed by atoms with Crippen LogP contribution in [0.15, 0.2) is 79.1 Å². The van der Waals surface area contributed by atoms with Crippen molar-refractivity contribution in [3.8, 4) is 11.1 Å². The standard InChI is InChI=1S/C22H17FN4O/c23-13-21(28)27-20-11-4-1-8-17(20)15-6-5-7-16(12-15)26-22-18-9-2-3-10-19(18)24-14-25-22/h1-12,14H,13H2,(H,27,28)(H,24,25,26). The van der Waals surface area contributed by atoms with Crippen molar-refractivity contribution in [1.82, 2.24) is 9.97 Å². The van der Waals surface area contributed by atoms with E-state index in [0.29, 0.717) is 11.5 Å². The van der Waals surface area contributed by atoms with Gasteiger partial charge < -0.3 is 10.6 Å². The maximum absolute atomic E-state index is 12.6. The molecular formula is C22H17FN4O. The molecular weight excluding hydrogens is 355 g/mol. The zero-order valence-electron chi connectivity index (χ0n) is 14.9. The number of fused-ring (bicyclic) bond motifs is 1. The third-order valence-corrected chi connectivity index (χ3v) is 4.30. The normalized spacial score (nSPS) is 10.6. The van der Waals surface area contributed by atoms with E-state index in [1.165, 1.54) is 6.33 Å². The Labute approximate surface area is 161 Å². The topological polar surface area (TPSA) is 66.9 Å². The first-order chi connectivity index (χ1) is 13.7. The molecule has 138 valence electrons. The number of hydrogen-bond acceptors (Lipinski definition) is 4. The molecule has 0 aliphatic carbocycles. The Balaban J connectivity index is 1.68. The molecule has 1 amide bonds. The number of rotatable bonds is 5. The molecule has 0 saturated heterocycles. The summed E-state index contributed by atoms with van der Waals surface area (Å²) in [6.45, 7) is -1.06. The Kier molecular flexibility index (Phi) is 4.93. The average molecular weight is 372 g/mol. The molecule has 1 aromatic heterocycles. The molecule has 0 unspecified atom stereocenters. The Hall–Kier alpha value is -3.80. The fourth-order valence-corrected chi connectivity index (χ4v) is 3.03. The smallest absolute Gasteiger partial charge is 0.255 e. The van der Waals surface area contributed by atoms with Gasteiger partial charge in [-0.05, 0) is 35.9 Å². The molecule has 0 atom stereocenters. The minimum atomic E-state index is -1.06. The average Bonchev–Trinajstić information content (AvgIpc) is 2.74. The maximum atomic E-state index is 12.6. The van der Waals surface area contributed by atoms with Crippen LogP contribution in [0.1, 0.15) is 0 Å². The van der Waals surface area contributed by atoms with Gasteiger partial charge in [-0.25, -0.2) is 14.4 Å². The highest BCUT2D eigenvalue weighted by atomic mass is 19.1. The molecule has 5 nitrogen and oxygen atoms in total. The van der Waals surface area contributed by atoms with Gasteiger partial charge in [-0.1, -0.05) is 42.5 Å². The van der Waals surface area contributed by atoms with Crippen molar-refractivity contribution in [2.24, 2.45) is 0 Å². The van der Waals surface area contributed by atoms with Gasteiger partial charge in [0.1, 0.15) is 12.1 Å². The largest absolute Gasteiger partial charge is 0.340 e. The summed E-state index contributed by atoms with van der Waals surface area (Å²) >= 11 is 0. The van der Waals surface area contributed by atoms with Gasteiger partial charge in [-0.2, -0.15) is 0 Å². The number of nitrogens with zero attached hydrogens (tertiary/aromatic N) is 2. The second-order valence-corrected chi connectivity index (χ2v) is 6.17. The highest BCUT2D eigenvalue weighted by Gasteiger charge is 2.09. The van der Waals surface area contributed by atoms with E-state index in [0.717, 1.165) is 27.7 Å². The Morgan fingerprint density at radius 3 is 2.64 bits per heavy atom. The molecule has 0 fully saturated rings. The van der Waals surface area contributed by atoms with Crippen molar-refractivity contribution >= 4 is 34.0 Å². The van der Waals surface area contributed by atoms with E-state index in [-0.39, 0.29) is 0 Å². The lowest BCUT2D eigenvalue weighted by Gasteiger charge is -2.13. The van der Waals surface area contributed by atoms with Crippen LogP contribution in [0.4, 0.5) is 21.6 Å².